The number of carbonyl (C=O) groups excluding carboxylic acids is 2. The van der Waals surface area contributed by atoms with Gasteiger partial charge in [-0.05, 0) is 35.1 Å². The van der Waals surface area contributed by atoms with Crippen molar-refractivity contribution in [1.82, 2.24) is 0 Å². The lowest BCUT2D eigenvalue weighted by molar-refractivity contribution is -0.137. The molecule has 0 aliphatic carbocycles. The van der Waals surface area contributed by atoms with Gasteiger partial charge in [0.15, 0.2) is 11.5 Å². The van der Waals surface area contributed by atoms with Gasteiger partial charge in [-0.15, -0.1) is 0 Å². The maximum absolute atomic E-state index is 11.3. The van der Waals surface area contributed by atoms with Crippen molar-refractivity contribution in [3.8, 4) is 11.8 Å². The first-order chi connectivity index (χ1) is 12.5. The molecule has 0 unspecified atom stereocenters. The Morgan fingerprint density at radius 1 is 0.692 bits per heavy atom. The van der Waals surface area contributed by atoms with Crippen molar-refractivity contribution in [2.75, 3.05) is 0 Å². The van der Waals surface area contributed by atoms with E-state index in [0.717, 1.165) is 11.1 Å². The van der Waals surface area contributed by atoms with Crippen molar-refractivity contribution in [1.29, 1.82) is 0 Å². The molecule has 0 fully saturated rings. The van der Waals surface area contributed by atoms with Crippen molar-refractivity contribution >= 4 is 24.1 Å². The van der Waals surface area contributed by atoms with E-state index < -0.39 is 11.9 Å². The summed E-state index contributed by atoms with van der Waals surface area (Å²) < 4.78 is 10.3. The van der Waals surface area contributed by atoms with E-state index in [4.69, 9.17) is 9.47 Å². The Labute approximate surface area is 152 Å². The van der Waals surface area contributed by atoms with Gasteiger partial charge in [0, 0.05) is 13.8 Å². The highest BCUT2D eigenvalue weighted by atomic mass is 16.5. The van der Waals surface area contributed by atoms with Gasteiger partial charge < -0.3 is 9.47 Å². The molecule has 0 bridgehead atoms. The fourth-order valence-electron chi connectivity index (χ4n) is 2.02. The number of allylic oxidation sites excluding steroid dienone is 2. The van der Waals surface area contributed by atoms with Crippen LogP contribution in [0.3, 0.4) is 0 Å². The quantitative estimate of drug-likeness (QED) is 0.473. The van der Waals surface area contributed by atoms with E-state index in [1.165, 1.54) is 13.8 Å². The van der Waals surface area contributed by atoms with Crippen LogP contribution in [0.4, 0.5) is 0 Å². The summed E-state index contributed by atoms with van der Waals surface area (Å²) in [7, 11) is 0. The second kappa shape index (κ2) is 9.65. The molecule has 0 radical (unpaired) electrons. The predicted octanol–water partition coefficient (Wildman–Crippen LogP) is 4.20. The van der Waals surface area contributed by atoms with E-state index in [9.17, 15) is 9.59 Å². The molecule has 0 saturated heterocycles. The maximum Gasteiger partial charge on any atom is 0.308 e. The van der Waals surface area contributed by atoms with Gasteiger partial charge in [-0.3, -0.25) is 9.59 Å². The number of ether oxygens (including phenoxy) is 2. The minimum absolute atomic E-state index is 0.162. The van der Waals surface area contributed by atoms with E-state index in [2.05, 4.69) is 11.8 Å². The molecule has 0 N–H and O–H groups in total. The van der Waals surface area contributed by atoms with Crippen LogP contribution in [0.1, 0.15) is 25.0 Å². The Morgan fingerprint density at radius 3 is 1.35 bits per heavy atom. The normalized spacial score (nSPS) is 11.2. The fourth-order valence-corrected chi connectivity index (χ4v) is 2.02. The van der Waals surface area contributed by atoms with Crippen LogP contribution in [-0.2, 0) is 19.1 Å². The molecule has 2 aromatic carbocycles. The predicted molar refractivity (Wildman–Crippen MR) is 100 cm³/mol. The van der Waals surface area contributed by atoms with Gasteiger partial charge in [-0.2, -0.15) is 0 Å². The molecule has 0 atom stereocenters. The molecule has 0 amide bonds. The second-order valence-electron chi connectivity index (χ2n) is 5.28. The Hall–Kier alpha value is -3.58. The minimum atomic E-state index is -0.484. The molecule has 26 heavy (non-hydrogen) atoms. The summed E-state index contributed by atoms with van der Waals surface area (Å²) >= 11 is 0. The third kappa shape index (κ3) is 6.90. The number of hydrogen-bond acceptors (Lipinski definition) is 4. The molecule has 130 valence electrons. The highest BCUT2D eigenvalue weighted by Gasteiger charge is 2.03. The lowest BCUT2D eigenvalue weighted by Gasteiger charge is -2.02. The zero-order chi connectivity index (χ0) is 18.8. The fraction of sp³-hybridized carbons (Fsp3) is 0.0909. The van der Waals surface area contributed by atoms with Gasteiger partial charge in [0.05, 0.1) is 0 Å². The summed E-state index contributed by atoms with van der Waals surface area (Å²) in [6, 6.07) is 18.7. The molecule has 0 aromatic heterocycles. The summed E-state index contributed by atoms with van der Waals surface area (Å²) in [6.45, 7) is 2.60. The molecule has 0 aliphatic heterocycles. The Balaban J connectivity index is 2.36. The molecular weight excluding hydrogens is 328 g/mol. The van der Waals surface area contributed by atoms with Gasteiger partial charge in [-0.1, -0.05) is 60.7 Å². The average Bonchev–Trinajstić information content (AvgIpc) is 2.60. The largest absolute Gasteiger partial charge is 0.417 e. The molecule has 0 heterocycles. The third-order valence-corrected chi connectivity index (χ3v) is 3.01. The number of carbonyl (C=O) groups is 2. The number of hydrogen-bond donors (Lipinski definition) is 0. The first-order valence-corrected chi connectivity index (χ1v) is 7.95. The van der Waals surface area contributed by atoms with Crippen molar-refractivity contribution in [2.24, 2.45) is 0 Å². The highest BCUT2D eigenvalue weighted by molar-refractivity contribution is 5.72. The summed E-state index contributed by atoms with van der Waals surface area (Å²) in [5.41, 5.74) is 1.67. The summed E-state index contributed by atoms with van der Waals surface area (Å²) in [6.07, 6.45) is 3.28. The van der Waals surface area contributed by atoms with Crippen LogP contribution in [0.5, 0.6) is 0 Å². The van der Waals surface area contributed by atoms with E-state index >= 15 is 0 Å². The number of benzene rings is 2. The van der Waals surface area contributed by atoms with Crippen LogP contribution in [0.15, 0.2) is 72.2 Å². The van der Waals surface area contributed by atoms with Gasteiger partial charge in [0.1, 0.15) is 0 Å². The Kier molecular flexibility index (Phi) is 6.96. The molecule has 0 saturated carbocycles. The van der Waals surface area contributed by atoms with E-state index in [0.29, 0.717) is 0 Å². The minimum Gasteiger partial charge on any atom is -0.417 e. The average molecular weight is 346 g/mol. The Morgan fingerprint density at radius 2 is 1.04 bits per heavy atom. The van der Waals surface area contributed by atoms with E-state index in [1.54, 1.807) is 12.2 Å². The molecule has 2 aromatic rings. The summed E-state index contributed by atoms with van der Waals surface area (Å²) in [5.74, 6) is 4.85. The van der Waals surface area contributed by atoms with Crippen LogP contribution in [0.25, 0.3) is 12.2 Å². The van der Waals surface area contributed by atoms with E-state index in [-0.39, 0.29) is 11.5 Å². The zero-order valence-corrected chi connectivity index (χ0v) is 14.6. The lowest BCUT2D eigenvalue weighted by Crippen LogP contribution is -1.99. The molecule has 0 spiro atoms. The van der Waals surface area contributed by atoms with Gasteiger partial charge in [0.25, 0.3) is 0 Å². The van der Waals surface area contributed by atoms with Crippen molar-refractivity contribution < 1.29 is 19.1 Å². The second-order valence-corrected chi connectivity index (χ2v) is 5.28. The zero-order valence-electron chi connectivity index (χ0n) is 14.6. The summed E-state index contributed by atoms with van der Waals surface area (Å²) in [5, 5.41) is 0. The molecule has 4 heteroatoms. The molecule has 0 aliphatic rings. The van der Waals surface area contributed by atoms with Crippen molar-refractivity contribution in [3.05, 3.63) is 83.3 Å². The molecule has 2 rings (SSSR count). The first kappa shape index (κ1) is 18.8. The SMILES string of the molecule is CC(=O)O/C(C#C/C(=C\c1ccccc1)OC(C)=O)=C\c1ccccc1. The highest BCUT2D eigenvalue weighted by Crippen LogP contribution is 2.10. The monoisotopic (exact) mass is 346 g/mol. The maximum atomic E-state index is 11.3. The molecular formula is C22H18O4. The van der Waals surface area contributed by atoms with Crippen LogP contribution in [0, 0.1) is 11.8 Å². The van der Waals surface area contributed by atoms with Crippen molar-refractivity contribution in [3.63, 3.8) is 0 Å². The van der Waals surface area contributed by atoms with Gasteiger partial charge in [-0.25, -0.2) is 0 Å². The van der Waals surface area contributed by atoms with Crippen LogP contribution in [0.2, 0.25) is 0 Å². The standard InChI is InChI=1S/C22H18O4/c1-17(23)25-21(15-19-9-5-3-6-10-19)13-14-22(26-18(2)24)16-20-11-7-4-8-12-20/h3-12,15-16H,1-2H3/b21-15-,22-16+. The topological polar surface area (TPSA) is 52.6 Å². The number of rotatable bonds is 4. The van der Waals surface area contributed by atoms with Gasteiger partial charge >= 0.3 is 11.9 Å². The van der Waals surface area contributed by atoms with E-state index in [1.807, 2.05) is 60.7 Å². The van der Waals surface area contributed by atoms with Gasteiger partial charge in [0.2, 0.25) is 0 Å². The first-order valence-electron chi connectivity index (χ1n) is 7.95. The summed E-state index contributed by atoms with van der Waals surface area (Å²) in [4.78, 5) is 22.7. The van der Waals surface area contributed by atoms with Crippen LogP contribution >= 0.6 is 0 Å². The van der Waals surface area contributed by atoms with Crippen LogP contribution < -0.4 is 0 Å². The number of esters is 2. The molecule has 4 nitrogen and oxygen atoms in total. The smallest absolute Gasteiger partial charge is 0.308 e. The van der Waals surface area contributed by atoms with Crippen molar-refractivity contribution in [2.45, 2.75) is 13.8 Å². The Bertz CT molecular complexity index is 808. The lowest BCUT2D eigenvalue weighted by atomic mass is 10.2. The van der Waals surface area contributed by atoms with Crippen LogP contribution in [-0.4, -0.2) is 11.9 Å². The third-order valence-electron chi connectivity index (χ3n) is 3.01.